The zero-order chi connectivity index (χ0) is 17.1. The second-order valence-electron chi connectivity index (χ2n) is 5.28. The normalized spacial score (nSPS) is 10.3. The minimum absolute atomic E-state index is 0.0306. The molecule has 0 bridgehead atoms. The zero-order valence-electron chi connectivity index (χ0n) is 13.0. The zero-order valence-corrected chi connectivity index (χ0v) is 13.8. The SMILES string of the molecule is CC(=O)Nc1cc(C(=O)Nc2cc(Cl)cc(C)c2O)ccc1C. The molecule has 0 aliphatic carbocycles. The summed E-state index contributed by atoms with van der Waals surface area (Å²) in [7, 11) is 0. The largest absolute Gasteiger partial charge is 0.505 e. The third kappa shape index (κ3) is 4.02. The van der Waals surface area contributed by atoms with E-state index in [0.29, 0.717) is 21.8 Å². The maximum absolute atomic E-state index is 12.4. The second kappa shape index (κ2) is 6.71. The Morgan fingerprint density at radius 1 is 1.00 bits per heavy atom. The summed E-state index contributed by atoms with van der Waals surface area (Å²) in [5.41, 5.74) is 2.57. The van der Waals surface area contributed by atoms with Crippen LogP contribution in [0, 0.1) is 13.8 Å². The number of nitrogens with one attached hydrogen (secondary N) is 2. The summed E-state index contributed by atoms with van der Waals surface area (Å²) < 4.78 is 0. The van der Waals surface area contributed by atoms with E-state index in [1.54, 1.807) is 31.2 Å². The van der Waals surface area contributed by atoms with Gasteiger partial charge in [-0.15, -0.1) is 0 Å². The van der Waals surface area contributed by atoms with Crippen molar-refractivity contribution in [2.24, 2.45) is 0 Å². The Balaban J connectivity index is 2.30. The minimum Gasteiger partial charge on any atom is -0.505 e. The molecular formula is C17H17ClN2O3. The van der Waals surface area contributed by atoms with E-state index < -0.39 is 5.91 Å². The van der Waals surface area contributed by atoms with Gasteiger partial charge in [-0.05, 0) is 49.2 Å². The lowest BCUT2D eigenvalue weighted by Crippen LogP contribution is -2.14. The number of hydrogen-bond donors (Lipinski definition) is 3. The number of carbonyl (C=O) groups excluding carboxylic acids is 2. The van der Waals surface area contributed by atoms with E-state index in [2.05, 4.69) is 10.6 Å². The minimum atomic E-state index is -0.409. The van der Waals surface area contributed by atoms with E-state index in [1.165, 1.54) is 13.0 Å². The van der Waals surface area contributed by atoms with Crippen LogP contribution >= 0.6 is 11.6 Å². The molecule has 3 N–H and O–H groups in total. The maximum atomic E-state index is 12.4. The van der Waals surface area contributed by atoms with Crippen LogP contribution in [0.4, 0.5) is 11.4 Å². The molecular weight excluding hydrogens is 316 g/mol. The van der Waals surface area contributed by atoms with E-state index in [9.17, 15) is 14.7 Å². The summed E-state index contributed by atoms with van der Waals surface area (Å²) in [4.78, 5) is 23.6. The van der Waals surface area contributed by atoms with Crippen LogP contribution in [-0.2, 0) is 4.79 Å². The lowest BCUT2D eigenvalue weighted by Gasteiger charge is -2.12. The highest BCUT2D eigenvalue weighted by atomic mass is 35.5. The molecule has 6 heteroatoms. The molecule has 0 aromatic heterocycles. The number of rotatable bonds is 3. The molecule has 0 fully saturated rings. The van der Waals surface area contributed by atoms with Crippen LogP contribution in [0.3, 0.4) is 0 Å². The van der Waals surface area contributed by atoms with Gasteiger partial charge in [0.1, 0.15) is 5.75 Å². The number of aromatic hydroxyl groups is 1. The van der Waals surface area contributed by atoms with Crippen molar-refractivity contribution in [2.45, 2.75) is 20.8 Å². The highest BCUT2D eigenvalue weighted by Crippen LogP contribution is 2.31. The average molecular weight is 333 g/mol. The summed E-state index contributed by atoms with van der Waals surface area (Å²) in [6, 6.07) is 8.05. The molecule has 2 aromatic carbocycles. The van der Waals surface area contributed by atoms with Crippen LogP contribution in [-0.4, -0.2) is 16.9 Å². The number of halogens is 1. The van der Waals surface area contributed by atoms with Crippen LogP contribution in [0.2, 0.25) is 5.02 Å². The Morgan fingerprint density at radius 3 is 2.35 bits per heavy atom. The number of phenols is 1. The molecule has 5 nitrogen and oxygen atoms in total. The van der Waals surface area contributed by atoms with E-state index in [0.717, 1.165) is 5.56 Å². The van der Waals surface area contributed by atoms with Gasteiger partial charge in [0.2, 0.25) is 5.91 Å². The van der Waals surface area contributed by atoms with Crippen molar-refractivity contribution < 1.29 is 14.7 Å². The van der Waals surface area contributed by atoms with Crippen LogP contribution < -0.4 is 10.6 Å². The number of amides is 2. The molecule has 2 amide bonds. The summed E-state index contributed by atoms with van der Waals surface area (Å²) >= 11 is 5.94. The van der Waals surface area contributed by atoms with Gasteiger partial charge < -0.3 is 15.7 Å². The predicted molar refractivity (Wildman–Crippen MR) is 91.3 cm³/mol. The lowest BCUT2D eigenvalue weighted by atomic mass is 10.1. The molecule has 0 aliphatic heterocycles. The number of anilines is 2. The first-order chi connectivity index (χ1) is 10.8. The van der Waals surface area contributed by atoms with Crippen LogP contribution in [0.5, 0.6) is 5.75 Å². The Labute approximate surface area is 139 Å². The van der Waals surface area contributed by atoms with Gasteiger partial charge in [-0.2, -0.15) is 0 Å². The van der Waals surface area contributed by atoms with E-state index >= 15 is 0 Å². The van der Waals surface area contributed by atoms with Crippen molar-refractivity contribution in [1.29, 1.82) is 0 Å². The van der Waals surface area contributed by atoms with Crippen molar-refractivity contribution in [3.63, 3.8) is 0 Å². The highest BCUT2D eigenvalue weighted by Gasteiger charge is 2.13. The Bertz CT molecular complexity index is 788. The number of aryl methyl sites for hydroxylation is 2. The van der Waals surface area contributed by atoms with Crippen LogP contribution in [0.15, 0.2) is 30.3 Å². The smallest absolute Gasteiger partial charge is 0.255 e. The highest BCUT2D eigenvalue weighted by molar-refractivity contribution is 6.31. The number of benzene rings is 2. The molecule has 2 aromatic rings. The van der Waals surface area contributed by atoms with E-state index in [-0.39, 0.29) is 17.3 Å². The van der Waals surface area contributed by atoms with E-state index in [4.69, 9.17) is 11.6 Å². The van der Waals surface area contributed by atoms with Crippen molar-refractivity contribution >= 4 is 34.8 Å². The molecule has 0 heterocycles. The summed E-state index contributed by atoms with van der Waals surface area (Å²) in [5, 5.41) is 15.7. The first-order valence-corrected chi connectivity index (χ1v) is 7.34. The monoisotopic (exact) mass is 332 g/mol. The third-order valence-corrected chi connectivity index (χ3v) is 3.54. The molecule has 0 spiro atoms. The van der Waals surface area contributed by atoms with Crippen molar-refractivity contribution in [2.75, 3.05) is 10.6 Å². The van der Waals surface area contributed by atoms with Gasteiger partial charge in [-0.1, -0.05) is 17.7 Å². The molecule has 0 unspecified atom stereocenters. The molecule has 0 radical (unpaired) electrons. The Hall–Kier alpha value is -2.53. The fraction of sp³-hybridized carbons (Fsp3) is 0.176. The van der Waals surface area contributed by atoms with Gasteiger partial charge in [0, 0.05) is 23.2 Å². The lowest BCUT2D eigenvalue weighted by molar-refractivity contribution is -0.114. The van der Waals surface area contributed by atoms with Crippen LogP contribution in [0.25, 0.3) is 0 Å². The van der Waals surface area contributed by atoms with Gasteiger partial charge >= 0.3 is 0 Å². The van der Waals surface area contributed by atoms with Gasteiger partial charge in [0.05, 0.1) is 5.69 Å². The molecule has 0 saturated heterocycles. The summed E-state index contributed by atoms with van der Waals surface area (Å²) in [6.45, 7) is 4.93. The fourth-order valence-electron chi connectivity index (χ4n) is 2.11. The molecule has 0 atom stereocenters. The molecule has 0 aliphatic rings. The molecule has 23 heavy (non-hydrogen) atoms. The van der Waals surface area contributed by atoms with Crippen molar-refractivity contribution in [3.05, 3.63) is 52.0 Å². The summed E-state index contributed by atoms with van der Waals surface area (Å²) in [6.07, 6.45) is 0. The van der Waals surface area contributed by atoms with Crippen molar-refractivity contribution in [3.8, 4) is 5.75 Å². The average Bonchev–Trinajstić information content (AvgIpc) is 2.46. The number of hydrogen-bond acceptors (Lipinski definition) is 3. The van der Waals surface area contributed by atoms with Gasteiger partial charge in [0.25, 0.3) is 5.91 Å². The second-order valence-corrected chi connectivity index (χ2v) is 5.72. The quantitative estimate of drug-likeness (QED) is 0.746. The molecule has 2 rings (SSSR count). The topological polar surface area (TPSA) is 78.4 Å². The first-order valence-electron chi connectivity index (χ1n) is 6.96. The number of phenolic OH excluding ortho intramolecular Hbond substituents is 1. The summed E-state index contributed by atoms with van der Waals surface area (Å²) in [5.74, 6) is -0.653. The van der Waals surface area contributed by atoms with Crippen LogP contribution in [0.1, 0.15) is 28.4 Å². The van der Waals surface area contributed by atoms with Gasteiger partial charge in [-0.3, -0.25) is 9.59 Å². The molecule has 0 saturated carbocycles. The Morgan fingerprint density at radius 2 is 1.70 bits per heavy atom. The molecule has 120 valence electrons. The van der Waals surface area contributed by atoms with Crippen molar-refractivity contribution in [1.82, 2.24) is 0 Å². The standard InChI is InChI=1S/C17H17ClN2O3/c1-9-4-5-12(7-14(9)19-11(3)21)17(23)20-15-8-13(18)6-10(2)16(15)22/h4-8,22H,1-3H3,(H,19,21)(H,20,23). The number of carbonyl (C=O) groups is 2. The Kier molecular flexibility index (Phi) is 4.91. The fourth-order valence-corrected chi connectivity index (χ4v) is 2.39. The van der Waals surface area contributed by atoms with Gasteiger partial charge in [0.15, 0.2) is 0 Å². The van der Waals surface area contributed by atoms with Gasteiger partial charge in [-0.25, -0.2) is 0 Å². The predicted octanol–water partition coefficient (Wildman–Crippen LogP) is 3.87. The maximum Gasteiger partial charge on any atom is 0.255 e. The first kappa shape index (κ1) is 16.8. The van der Waals surface area contributed by atoms with E-state index in [1.807, 2.05) is 6.92 Å². The third-order valence-electron chi connectivity index (χ3n) is 3.32.